The van der Waals surface area contributed by atoms with E-state index in [1.807, 2.05) is 0 Å². The maximum absolute atomic E-state index is 6.01. The molecule has 0 radical (unpaired) electrons. The molecular weight excluding hydrogens is 222 g/mol. The average Bonchev–Trinajstić information content (AvgIpc) is 2.37. The summed E-state index contributed by atoms with van der Waals surface area (Å²) in [5, 5.41) is 0. The number of anilines is 1. The van der Waals surface area contributed by atoms with Gasteiger partial charge in [-0.1, -0.05) is 19.1 Å². The standard InChI is InChI=1S/C15H27N3/c1-5-15(16)13-7-9-14(10-8-13)18(4)12-6-11-17(2)3/h7-10,15H,5-6,11-12,16H2,1-4H3. The van der Waals surface area contributed by atoms with Crippen LogP contribution in [0, 0.1) is 0 Å². The van der Waals surface area contributed by atoms with E-state index in [2.05, 4.69) is 62.1 Å². The molecule has 0 heterocycles. The normalized spacial score (nSPS) is 12.8. The van der Waals surface area contributed by atoms with E-state index in [0.29, 0.717) is 0 Å². The second-order valence-electron chi connectivity index (χ2n) is 5.18. The molecule has 102 valence electrons. The van der Waals surface area contributed by atoms with Gasteiger partial charge in [0.15, 0.2) is 0 Å². The molecule has 0 saturated carbocycles. The van der Waals surface area contributed by atoms with Crippen LogP contribution in [-0.4, -0.2) is 39.1 Å². The van der Waals surface area contributed by atoms with Gasteiger partial charge in [-0.3, -0.25) is 0 Å². The number of hydrogen-bond donors (Lipinski definition) is 1. The fraction of sp³-hybridized carbons (Fsp3) is 0.600. The topological polar surface area (TPSA) is 32.5 Å². The van der Waals surface area contributed by atoms with Crippen LogP contribution in [0.3, 0.4) is 0 Å². The molecule has 1 unspecified atom stereocenters. The first kappa shape index (κ1) is 15.0. The van der Waals surface area contributed by atoms with Crippen molar-refractivity contribution in [2.75, 3.05) is 39.1 Å². The van der Waals surface area contributed by atoms with Crippen molar-refractivity contribution in [3.63, 3.8) is 0 Å². The Morgan fingerprint density at radius 2 is 1.67 bits per heavy atom. The molecule has 1 aromatic carbocycles. The lowest BCUT2D eigenvalue weighted by Gasteiger charge is -2.21. The number of benzene rings is 1. The summed E-state index contributed by atoms with van der Waals surface area (Å²) < 4.78 is 0. The van der Waals surface area contributed by atoms with Gasteiger partial charge in [-0.2, -0.15) is 0 Å². The predicted octanol–water partition coefficient (Wildman–Crippen LogP) is 2.48. The molecule has 0 aliphatic carbocycles. The largest absolute Gasteiger partial charge is 0.375 e. The molecule has 3 heteroatoms. The molecule has 0 aliphatic rings. The molecule has 1 rings (SSSR count). The first-order valence-electron chi connectivity index (χ1n) is 6.76. The van der Waals surface area contributed by atoms with Crippen LogP contribution in [-0.2, 0) is 0 Å². The molecule has 0 saturated heterocycles. The fourth-order valence-electron chi connectivity index (χ4n) is 1.96. The Labute approximate surface area is 112 Å². The van der Waals surface area contributed by atoms with Crippen molar-refractivity contribution in [2.45, 2.75) is 25.8 Å². The molecule has 1 atom stereocenters. The van der Waals surface area contributed by atoms with Crippen LogP contribution >= 0.6 is 0 Å². The van der Waals surface area contributed by atoms with Gasteiger partial charge >= 0.3 is 0 Å². The van der Waals surface area contributed by atoms with Crippen molar-refractivity contribution in [3.05, 3.63) is 29.8 Å². The molecular formula is C15H27N3. The molecule has 0 amide bonds. The minimum absolute atomic E-state index is 0.165. The summed E-state index contributed by atoms with van der Waals surface area (Å²) in [6.07, 6.45) is 2.16. The van der Waals surface area contributed by atoms with E-state index < -0.39 is 0 Å². The van der Waals surface area contributed by atoms with Crippen LogP contribution in [0.1, 0.15) is 31.4 Å². The van der Waals surface area contributed by atoms with Crippen LogP contribution in [0.2, 0.25) is 0 Å². The van der Waals surface area contributed by atoms with Gasteiger partial charge in [0.25, 0.3) is 0 Å². The Balaban J connectivity index is 2.51. The molecule has 0 aromatic heterocycles. The zero-order valence-electron chi connectivity index (χ0n) is 12.2. The van der Waals surface area contributed by atoms with E-state index >= 15 is 0 Å². The van der Waals surface area contributed by atoms with Gasteiger partial charge in [0.2, 0.25) is 0 Å². The quantitative estimate of drug-likeness (QED) is 0.806. The zero-order valence-corrected chi connectivity index (χ0v) is 12.2. The lowest BCUT2D eigenvalue weighted by Crippen LogP contribution is -2.23. The third kappa shape index (κ3) is 4.67. The SMILES string of the molecule is CCC(N)c1ccc(N(C)CCCN(C)C)cc1. The predicted molar refractivity (Wildman–Crippen MR) is 80.1 cm³/mol. The summed E-state index contributed by atoms with van der Waals surface area (Å²) in [5.41, 5.74) is 8.50. The van der Waals surface area contributed by atoms with E-state index in [0.717, 1.165) is 19.5 Å². The fourth-order valence-corrected chi connectivity index (χ4v) is 1.96. The summed E-state index contributed by atoms with van der Waals surface area (Å²) in [6, 6.07) is 8.79. The van der Waals surface area contributed by atoms with Gasteiger partial charge in [-0.25, -0.2) is 0 Å². The Kier molecular flexibility index (Phi) is 6.16. The molecule has 1 aromatic rings. The number of hydrogen-bond acceptors (Lipinski definition) is 3. The Hall–Kier alpha value is -1.06. The third-order valence-corrected chi connectivity index (χ3v) is 3.30. The number of nitrogens with two attached hydrogens (primary N) is 1. The highest BCUT2D eigenvalue weighted by molar-refractivity contribution is 5.47. The number of rotatable bonds is 7. The second kappa shape index (κ2) is 7.39. The minimum Gasteiger partial charge on any atom is -0.375 e. The Bertz CT molecular complexity index is 332. The van der Waals surface area contributed by atoms with Gasteiger partial charge in [-0.05, 0) is 51.2 Å². The van der Waals surface area contributed by atoms with Crippen molar-refractivity contribution >= 4 is 5.69 Å². The maximum atomic E-state index is 6.01. The molecule has 2 N–H and O–H groups in total. The highest BCUT2D eigenvalue weighted by Crippen LogP contribution is 2.19. The maximum Gasteiger partial charge on any atom is 0.0363 e. The van der Waals surface area contributed by atoms with Crippen LogP contribution < -0.4 is 10.6 Å². The van der Waals surface area contributed by atoms with Gasteiger partial charge in [0, 0.05) is 25.3 Å². The van der Waals surface area contributed by atoms with Crippen LogP contribution in [0.4, 0.5) is 5.69 Å². The first-order valence-corrected chi connectivity index (χ1v) is 6.76. The molecule has 18 heavy (non-hydrogen) atoms. The van der Waals surface area contributed by atoms with Gasteiger partial charge < -0.3 is 15.5 Å². The Morgan fingerprint density at radius 1 is 1.06 bits per heavy atom. The van der Waals surface area contributed by atoms with Gasteiger partial charge in [-0.15, -0.1) is 0 Å². The highest BCUT2D eigenvalue weighted by atomic mass is 15.1. The van der Waals surface area contributed by atoms with Crippen molar-refractivity contribution in [2.24, 2.45) is 5.73 Å². The van der Waals surface area contributed by atoms with E-state index in [4.69, 9.17) is 5.73 Å². The zero-order chi connectivity index (χ0) is 13.5. The minimum atomic E-state index is 0.165. The van der Waals surface area contributed by atoms with Gasteiger partial charge in [0.05, 0.1) is 0 Å². The summed E-state index contributed by atoms with van der Waals surface area (Å²) >= 11 is 0. The van der Waals surface area contributed by atoms with Crippen molar-refractivity contribution in [3.8, 4) is 0 Å². The van der Waals surface area contributed by atoms with E-state index in [-0.39, 0.29) is 6.04 Å². The molecule has 0 aliphatic heterocycles. The third-order valence-electron chi connectivity index (χ3n) is 3.30. The Morgan fingerprint density at radius 3 is 2.17 bits per heavy atom. The monoisotopic (exact) mass is 249 g/mol. The smallest absolute Gasteiger partial charge is 0.0363 e. The van der Waals surface area contributed by atoms with Gasteiger partial charge in [0.1, 0.15) is 0 Å². The lowest BCUT2D eigenvalue weighted by molar-refractivity contribution is 0.401. The van der Waals surface area contributed by atoms with E-state index in [9.17, 15) is 0 Å². The van der Waals surface area contributed by atoms with Crippen LogP contribution in [0.25, 0.3) is 0 Å². The van der Waals surface area contributed by atoms with Crippen LogP contribution in [0.15, 0.2) is 24.3 Å². The summed E-state index contributed by atoms with van der Waals surface area (Å²) in [7, 11) is 6.37. The summed E-state index contributed by atoms with van der Waals surface area (Å²) in [6.45, 7) is 4.33. The molecule has 0 fully saturated rings. The number of nitrogens with zero attached hydrogens (tertiary/aromatic N) is 2. The first-order chi connectivity index (χ1) is 8.54. The molecule has 0 bridgehead atoms. The van der Waals surface area contributed by atoms with Crippen molar-refractivity contribution < 1.29 is 0 Å². The van der Waals surface area contributed by atoms with E-state index in [1.54, 1.807) is 0 Å². The average molecular weight is 249 g/mol. The highest BCUT2D eigenvalue weighted by Gasteiger charge is 2.05. The lowest BCUT2D eigenvalue weighted by atomic mass is 10.1. The van der Waals surface area contributed by atoms with Crippen molar-refractivity contribution in [1.82, 2.24) is 4.90 Å². The summed E-state index contributed by atoms with van der Waals surface area (Å²) in [4.78, 5) is 4.52. The summed E-state index contributed by atoms with van der Waals surface area (Å²) in [5.74, 6) is 0. The van der Waals surface area contributed by atoms with E-state index in [1.165, 1.54) is 17.7 Å². The molecule has 3 nitrogen and oxygen atoms in total. The van der Waals surface area contributed by atoms with Crippen molar-refractivity contribution in [1.29, 1.82) is 0 Å². The second-order valence-corrected chi connectivity index (χ2v) is 5.18. The molecule has 0 spiro atoms. The van der Waals surface area contributed by atoms with Crippen LogP contribution in [0.5, 0.6) is 0 Å².